The van der Waals surface area contributed by atoms with E-state index in [1.807, 2.05) is 6.92 Å². The molecule has 0 aliphatic heterocycles. The molecule has 0 saturated heterocycles. The van der Waals surface area contributed by atoms with Gasteiger partial charge in [-0.1, -0.05) is 0 Å². The van der Waals surface area contributed by atoms with Crippen molar-refractivity contribution in [2.45, 2.75) is 26.3 Å². The number of carbonyl (C=O) groups excluding carboxylic acids is 1. The van der Waals surface area contributed by atoms with Gasteiger partial charge in [-0.05, 0) is 39.1 Å². The summed E-state index contributed by atoms with van der Waals surface area (Å²) in [6.45, 7) is 4.43. The molecule has 1 atom stereocenters. The fourth-order valence-electron chi connectivity index (χ4n) is 1.90. The first kappa shape index (κ1) is 17.0. The molecule has 21 heavy (non-hydrogen) atoms. The average molecular weight is 294 g/mol. The summed E-state index contributed by atoms with van der Waals surface area (Å²) in [6.07, 6.45) is -0.000460. The minimum absolute atomic E-state index is 0.000460. The lowest BCUT2D eigenvalue weighted by Crippen LogP contribution is -2.37. The van der Waals surface area contributed by atoms with Crippen molar-refractivity contribution in [3.8, 4) is 5.75 Å². The Bertz CT molecular complexity index is 516. The largest absolute Gasteiger partial charge is 0.492 e. The molecule has 6 nitrogen and oxygen atoms in total. The first-order chi connectivity index (χ1) is 9.86. The van der Waals surface area contributed by atoms with E-state index < -0.39 is 12.0 Å². The topological polar surface area (TPSA) is 92.9 Å². The van der Waals surface area contributed by atoms with Gasteiger partial charge in [0.15, 0.2) is 5.78 Å². The van der Waals surface area contributed by atoms with Gasteiger partial charge >= 0.3 is 5.97 Å². The number of hydrogen-bond acceptors (Lipinski definition) is 5. The van der Waals surface area contributed by atoms with Crippen molar-refractivity contribution in [2.75, 3.05) is 25.9 Å². The molecule has 3 N–H and O–H groups in total. The molecule has 0 heterocycles. The number of carboxylic acids is 1. The van der Waals surface area contributed by atoms with E-state index in [0.29, 0.717) is 30.2 Å². The van der Waals surface area contributed by atoms with Crippen LogP contribution in [0.25, 0.3) is 0 Å². The summed E-state index contributed by atoms with van der Waals surface area (Å²) in [6, 6.07) is 4.53. The molecular formula is C15H22N2O4. The summed E-state index contributed by atoms with van der Waals surface area (Å²) >= 11 is 0. The standard InChI is InChI=1S/C15H22N2O4/c1-4-21-13-6-5-11(9-12(13)16)15(20)10(2)17(3)8-7-14(18)19/h5-6,9-10H,4,7-8,16H2,1-3H3,(H,18,19). The number of nitrogens with zero attached hydrogens (tertiary/aromatic N) is 1. The van der Waals surface area contributed by atoms with Crippen molar-refractivity contribution in [1.82, 2.24) is 4.90 Å². The van der Waals surface area contributed by atoms with E-state index in [9.17, 15) is 9.59 Å². The van der Waals surface area contributed by atoms with Crippen LogP contribution in [0.1, 0.15) is 30.6 Å². The highest BCUT2D eigenvalue weighted by Crippen LogP contribution is 2.23. The van der Waals surface area contributed by atoms with Crippen LogP contribution >= 0.6 is 0 Å². The van der Waals surface area contributed by atoms with Gasteiger partial charge in [-0.15, -0.1) is 0 Å². The first-order valence-electron chi connectivity index (χ1n) is 6.85. The lowest BCUT2D eigenvalue weighted by Gasteiger charge is -2.23. The molecule has 0 amide bonds. The number of likely N-dealkylation sites (N-methyl/N-ethyl adjacent to an activating group) is 1. The molecule has 0 fully saturated rings. The number of benzene rings is 1. The van der Waals surface area contributed by atoms with Crippen LogP contribution in [0.15, 0.2) is 18.2 Å². The van der Waals surface area contributed by atoms with Gasteiger partial charge < -0.3 is 15.6 Å². The van der Waals surface area contributed by atoms with Gasteiger partial charge in [0.1, 0.15) is 5.75 Å². The van der Waals surface area contributed by atoms with Gasteiger partial charge in [0, 0.05) is 12.1 Å². The van der Waals surface area contributed by atoms with Crippen molar-refractivity contribution in [3.63, 3.8) is 0 Å². The van der Waals surface area contributed by atoms with Crippen molar-refractivity contribution >= 4 is 17.4 Å². The minimum atomic E-state index is -0.883. The molecule has 6 heteroatoms. The van der Waals surface area contributed by atoms with Crippen LogP contribution in [0, 0.1) is 0 Å². The van der Waals surface area contributed by atoms with Gasteiger partial charge in [-0.2, -0.15) is 0 Å². The monoisotopic (exact) mass is 294 g/mol. The number of nitrogens with two attached hydrogens (primary N) is 1. The Morgan fingerprint density at radius 1 is 1.43 bits per heavy atom. The van der Waals surface area contributed by atoms with E-state index in [0.717, 1.165) is 0 Å². The number of ketones is 1. The molecule has 1 aromatic carbocycles. The van der Waals surface area contributed by atoms with Gasteiger partial charge in [0.05, 0.1) is 24.8 Å². The maximum absolute atomic E-state index is 12.4. The lowest BCUT2D eigenvalue weighted by molar-refractivity contribution is -0.137. The Hall–Kier alpha value is -2.08. The Balaban J connectivity index is 2.78. The molecule has 1 unspecified atom stereocenters. The predicted molar refractivity (Wildman–Crippen MR) is 80.7 cm³/mol. The zero-order valence-electron chi connectivity index (χ0n) is 12.6. The van der Waals surface area contributed by atoms with Gasteiger partial charge in [0.25, 0.3) is 0 Å². The summed E-state index contributed by atoms with van der Waals surface area (Å²) in [5, 5.41) is 8.68. The number of Topliss-reactive ketones (excluding diaryl/α,β-unsaturated/α-hetero) is 1. The number of aliphatic carboxylic acids is 1. The zero-order valence-corrected chi connectivity index (χ0v) is 12.6. The second-order valence-corrected chi connectivity index (χ2v) is 4.85. The Morgan fingerprint density at radius 3 is 2.62 bits per heavy atom. The van der Waals surface area contributed by atoms with E-state index in [4.69, 9.17) is 15.6 Å². The van der Waals surface area contributed by atoms with E-state index >= 15 is 0 Å². The third-order valence-corrected chi connectivity index (χ3v) is 3.31. The van der Waals surface area contributed by atoms with Crippen LogP contribution in [0.5, 0.6) is 5.75 Å². The summed E-state index contributed by atoms with van der Waals surface area (Å²) < 4.78 is 5.33. The summed E-state index contributed by atoms with van der Waals surface area (Å²) in [4.78, 5) is 24.6. The summed E-state index contributed by atoms with van der Waals surface area (Å²) in [5.41, 5.74) is 6.76. The maximum Gasteiger partial charge on any atom is 0.304 e. The van der Waals surface area contributed by atoms with Crippen LogP contribution in [0.4, 0.5) is 5.69 Å². The SMILES string of the molecule is CCOc1ccc(C(=O)C(C)N(C)CCC(=O)O)cc1N. The zero-order chi connectivity index (χ0) is 16.0. The molecule has 116 valence electrons. The predicted octanol–water partition coefficient (Wildman–Crippen LogP) is 1.65. The highest BCUT2D eigenvalue weighted by Gasteiger charge is 2.20. The maximum atomic E-state index is 12.4. The highest BCUT2D eigenvalue weighted by atomic mass is 16.5. The average Bonchev–Trinajstić information content (AvgIpc) is 2.45. The van der Waals surface area contributed by atoms with Crippen molar-refractivity contribution in [1.29, 1.82) is 0 Å². The number of nitrogen functional groups attached to an aromatic ring is 1. The van der Waals surface area contributed by atoms with E-state index in [-0.39, 0.29) is 12.2 Å². The molecule has 1 rings (SSSR count). The molecule has 0 aromatic heterocycles. The normalized spacial score (nSPS) is 12.2. The third-order valence-electron chi connectivity index (χ3n) is 3.31. The van der Waals surface area contributed by atoms with E-state index in [1.54, 1.807) is 37.1 Å². The Kier molecular flexibility index (Phi) is 6.17. The number of hydrogen-bond donors (Lipinski definition) is 2. The van der Waals surface area contributed by atoms with Gasteiger partial charge in [0.2, 0.25) is 0 Å². The molecule has 0 spiro atoms. The second kappa shape index (κ2) is 7.64. The fraction of sp³-hybridized carbons (Fsp3) is 0.467. The van der Waals surface area contributed by atoms with Crippen molar-refractivity contribution in [3.05, 3.63) is 23.8 Å². The van der Waals surface area contributed by atoms with E-state index in [1.165, 1.54) is 0 Å². The summed E-state index contributed by atoms with van der Waals surface area (Å²) in [7, 11) is 1.73. The molecule has 0 bridgehead atoms. The first-order valence-corrected chi connectivity index (χ1v) is 6.85. The summed E-state index contributed by atoms with van der Waals surface area (Å²) in [5.74, 6) is -0.426. The Labute approximate surface area is 124 Å². The number of carboxylic acid groups (broad SMARTS) is 1. The molecule has 0 aliphatic carbocycles. The molecule has 1 aromatic rings. The van der Waals surface area contributed by atoms with Crippen LogP contribution in [-0.4, -0.2) is 48.0 Å². The van der Waals surface area contributed by atoms with Crippen molar-refractivity contribution in [2.24, 2.45) is 0 Å². The molecular weight excluding hydrogens is 272 g/mol. The van der Waals surface area contributed by atoms with Crippen LogP contribution < -0.4 is 10.5 Å². The lowest BCUT2D eigenvalue weighted by atomic mass is 10.0. The van der Waals surface area contributed by atoms with E-state index in [2.05, 4.69) is 0 Å². The number of anilines is 1. The van der Waals surface area contributed by atoms with Crippen LogP contribution in [0.3, 0.4) is 0 Å². The van der Waals surface area contributed by atoms with Crippen LogP contribution in [0.2, 0.25) is 0 Å². The number of rotatable bonds is 8. The fourth-order valence-corrected chi connectivity index (χ4v) is 1.90. The number of ether oxygens (including phenoxy) is 1. The third kappa shape index (κ3) is 4.75. The Morgan fingerprint density at radius 2 is 2.10 bits per heavy atom. The highest BCUT2D eigenvalue weighted by molar-refractivity contribution is 6.00. The quantitative estimate of drug-likeness (QED) is 0.559. The second-order valence-electron chi connectivity index (χ2n) is 4.85. The van der Waals surface area contributed by atoms with Crippen LogP contribution in [-0.2, 0) is 4.79 Å². The van der Waals surface area contributed by atoms with Gasteiger partial charge in [-0.25, -0.2) is 0 Å². The molecule has 0 aliphatic rings. The number of carbonyl (C=O) groups is 2. The molecule has 0 saturated carbocycles. The van der Waals surface area contributed by atoms with Crippen molar-refractivity contribution < 1.29 is 19.4 Å². The minimum Gasteiger partial charge on any atom is -0.492 e. The molecule has 0 radical (unpaired) electrons. The smallest absolute Gasteiger partial charge is 0.304 e. The van der Waals surface area contributed by atoms with Gasteiger partial charge in [-0.3, -0.25) is 14.5 Å².